The second kappa shape index (κ2) is 7.80. The van der Waals surface area contributed by atoms with Crippen LogP contribution < -0.4 is 11.1 Å². The lowest BCUT2D eigenvalue weighted by Crippen LogP contribution is -2.33. The normalized spacial score (nSPS) is 16.8. The summed E-state index contributed by atoms with van der Waals surface area (Å²) in [5, 5.41) is 16.9. The van der Waals surface area contributed by atoms with Gasteiger partial charge in [0.1, 0.15) is 40.6 Å². The molecule has 6 rings (SSSR count). The quantitative estimate of drug-likeness (QED) is 0.355. The standard InChI is InChI=1S/C25H19FN8O2/c1-25(14-5-7-15(26)8-6-14)19-20(27)31-21(32-22(19)33-24(25)36)18-11-34-23(28-12-29-34)17(30-18)10-13-3-2-4-16(35)9-13/h2-9,11-12,35H,10H2,1H3,(H3,27,31,32,33,36). The van der Waals surface area contributed by atoms with Gasteiger partial charge in [-0.3, -0.25) is 4.79 Å². The van der Waals surface area contributed by atoms with Gasteiger partial charge >= 0.3 is 0 Å². The summed E-state index contributed by atoms with van der Waals surface area (Å²) in [5.41, 5.74) is 8.54. The number of phenols is 1. The molecule has 178 valence electrons. The number of nitrogen functional groups attached to an aromatic ring is 1. The number of aromatic nitrogens is 6. The maximum atomic E-state index is 13.5. The Morgan fingerprint density at radius 1 is 1.14 bits per heavy atom. The second-order valence-corrected chi connectivity index (χ2v) is 8.69. The van der Waals surface area contributed by atoms with Gasteiger partial charge in [-0.25, -0.2) is 28.8 Å². The summed E-state index contributed by atoms with van der Waals surface area (Å²) < 4.78 is 15.1. The van der Waals surface area contributed by atoms with Crippen molar-refractivity contribution in [1.82, 2.24) is 29.5 Å². The van der Waals surface area contributed by atoms with Crippen LogP contribution in [0.4, 0.5) is 16.0 Å². The summed E-state index contributed by atoms with van der Waals surface area (Å²) in [4.78, 5) is 31.1. The number of hydrogen-bond donors (Lipinski definition) is 3. The van der Waals surface area contributed by atoms with Crippen molar-refractivity contribution in [1.29, 1.82) is 0 Å². The van der Waals surface area contributed by atoms with E-state index in [9.17, 15) is 14.3 Å². The van der Waals surface area contributed by atoms with Crippen LogP contribution in [0, 0.1) is 5.82 Å². The fraction of sp³-hybridized carbons (Fsp3) is 0.120. The number of nitrogens with one attached hydrogen (secondary N) is 1. The molecular formula is C25H19FN8O2. The molecule has 10 nitrogen and oxygen atoms in total. The van der Waals surface area contributed by atoms with E-state index in [0.29, 0.717) is 34.6 Å². The van der Waals surface area contributed by atoms with Gasteiger partial charge < -0.3 is 16.2 Å². The van der Waals surface area contributed by atoms with Gasteiger partial charge in [0, 0.05) is 6.42 Å². The Morgan fingerprint density at radius 2 is 1.94 bits per heavy atom. The molecule has 4 N–H and O–H groups in total. The number of phenolic OH excluding ortho intramolecular Hbond substituents is 1. The number of benzene rings is 2. The average Bonchev–Trinajstić information content (AvgIpc) is 3.42. The Labute approximate surface area is 203 Å². The molecule has 0 bridgehead atoms. The molecule has 1 amide bonds. The van der Waals surface area contributed by atoms with E-state index < -0.39 is 11.2 Å². The first kappa shape index (κ1) is 21.6. The topological polar surface area (TPSA) is 144 Å². The van der Waals surface area contributed by atoms with Crippen LogP contribution in [0.5, 0.6) is 5.75 Å². The Kier molecular flexibility index (Phi) is 4.68. The smallest absolute Gasteiger partial charge is 0.240 e. The van der Waals surface area contributed by atoms with Crippen molar-refractivity contribution in [2.24, 2.45) is 0 Å². The van der Waals surface area contributed by atoms with Crippen LogP contribution in [0.1, 0.15) is 29.3 Å². The van der Waals surface area contributed by atoms with E-state index in [4.69, 9.17) is 10.7 Å². The van der Waals surface area contributed by atoms with Gasteiger partial charge in [-0.15, -0.1) is 0 Å². The molecule has 3 aromatic heterocycles. The van der Waals surface area contributed by atoms with Crippen molar-refractivity contribution >= 4 is 23.2 Å². The number of aromatic hydroxyl groups is 1. The summed E-state index contributed by atoms with van der Waals surface area (Å²) in [7, 11) is 0. The van der Waals surface area contributed by atoms with Crippen LogP contribution in [-0.2, 0) is 16.6 Å². The number of fused-ring (bicyclic) bond motifs is 2. The molecular weight excluding hydrogens is 463 g/mol. The molecule has 11 heteroatoms. The summed E-state index contributed by atoms with van der Waals surface area (Å²) in [6, 6.07) is 12.5. The van der Waals surface area contributed by atoms with Gasteiger partial charge in [0.25, 0.3) is 0 Å². The number of nitrogens with zero attached hydrogens (tertiary/aromatic N) is 6. The first-order valence-corrected chi connectivity index (χ1v) is 11.1. The van der Waals surface area contributed by atoms with Gasteiger partial charge in [0.15, 0.2) is 11.5 Å². The predicted octanol–water partition coefficient (Wildman–Crippen LogP) is 2.86. The number of carbonyl (C=O) groups excluding carboxylic acids is 1. The molecule has 36 heavy (non-hydrogen) atoms. The monoisotopic (exact) mass is 482 g/mol. The Balaban J connectivity index is 1.46. The van der Waals surface area contributed by atoms with Crippen LogP contribution in [-0.4, -0.2) is 40.6 Å². The molecule has 1 atom stereocenters. The van der Waals surface area contributed by atoms with E-state index in [2.05, 4.69) is 25.4 Å². The second-order valence-electron chi connectivity index (χ2n) is 8.69. The fourth-order valence-electron chi connectivity index (χ4n) is 4.56. The third-order valence-electron chi connectivity index (χ3n) is 6.39. The predicted molar refractivity (Wildman–Crippen MR) is 129 cm³/mol. The SMILES string of the molecule is CC1(c2ccc(F)cc2)C(=O)Nc2nc(-c3cn4ncnc4c(Cc4cccc(O)c4)n3)nc(N)c21. The van der Waals surface area contributed by atoms with Crippen molar-refractivity contribution in [3.05, 3.63) is 89.3 Å². The van der Waals surface area contributed by atoms with Crippen molar-refractivity contribution in [3.8, 4) is 17.3 Å². The number of nitrogens with two attached hydrogens (primary N) is 1. The molecule has 1 unspecified atom stereocenters. The number of carbonyl (C=O) groups is 1. The van der Waals surface area contributed by atoms with Gasteiger partial charge in [-0.2, -0.15) is 5.10 Å². The molecule has 4 heterocycles. The first-order valence-electron chi connectivity index (χ1n) is 11.1. The van der Waals surface area contributed by atoms with Crippen LogP contribution >= 0.6 is 0 Å². The summed E-state index contributed by atoms with van der Waals surface area (Å²) >= 11 is 0. The zero-order valence-electron chi connectivity index (χ0n) is 19.0. The molecule has 0 radical (unpaired) electrons. The molecule has 1 aliphatic rings. The van der Waals surface area contributed by atoms with E-state index in [1.807, 2.05) is 6.07 Å². The highest BCUT2D eigenvalue weighted by molar-refractivity contribution is 6.09. The molecule has 0 saturated carbocycles. The lowest BCUT2D eigenvalue weighted by molar-refractivity contribution is -0.119. The summed E-state index contributed by atoms with van der Waals surface area (Å²) in [5.74, 6) is -0.0250. The highest BCUT2D eigenvalue weighted by atomic mass is 19.1. The average molecular weight is 482 g/mol. The minimum Gasteiger partial charge on any atom is -0.508 e. The van der Waals surface area contributed by atoms with E-state index in [0.717, 1.165) is 5.56 Å². The Hall–Kier alpha value is -4.93. The van der Waals surface area contributed by atoms with Gasteiger partial charge in [-0.05, 0) is 42.3 Å². The van der Waals surface area contributed by atoms with Gasteiger partial charge in [0.05, 0.1) is 17.5 Å². The molecule has 0 aliphatic carbocycles. The molecule has 1 aliphatic heterocycles. The number of anilines is 2. The minimum absolute atomic E-state index is 0.107. The largest absolute Gasteiger partial charge is 0.508 e. The van der Waals surface area contributed by atoms with E-state index >= 15 is 0 Å². The third kappa shape index (κ3) is 3.32. The fourth-order valence-corrected chi connectivity index (χ4v) is 4.56. The molecule has 0 saturated heterocycles. The zero-order chi connectivity index (χ0) is 25.0. The highest BCUT2D eigenvalue weighted by Crippen LogP contribution is 2.44. The number of hydrogen-bond acceptors (Lipinski definition) is 8. The maximum absolute atomic E-state index is 13.5. The minimum atomic E-state index is -1.19. The molecule has 0 spiro atoms. The van der Waals surface area contributed by atoms with Crippen LogP contribution in [0.25, 0.3) is 17.2 Å². The molecule has 2 aromatic carbocycles. The highest BCUT2D eigenvalue weighted by Gasteiger charge is 2.47. The van der Waals surface area contributed by atoms with Crippen LogP contribution in [0.15, 0.2) is 61.1 Å². The number of halogens is 1. The number of rotatable bonds is 4. The summed E-state index contributed by atoms with van der Waals surface area (Å²) in [6.07, 6.45) is 3.43. The van der Waals surface area contributed by atoms with Crippen LogP contribution in [0.3, 0.4) is 0 Å². The number of amides is 1. The lowest BCUT2D eigenvalue weighted by Gasteiger charge is -2.23. The van der Waals surface area contributed by atoms with E-state index in [1.54, 1.807) is 48.0 Å². The molecule has 0 fully saturated rings. The Morgan fingerprint density at radius 3 is 2.72 bits per heavy atom. The third-order valence-corrected chi connectivity index (χ3v) is 6.39. The van der Waals surface area contributed by atoms with Crippen molar-refractivity contribution in [2.45, 2.75) is 18.8 Å². The maximum Gasteiger partial charge on any atom is 0.240 e. The van der Waals surface area contributed by atoms with E-state index in [-0.39, 0.29) is 29.1 Å². The Bertz CT molecular complexity index is 1670. The van der Waals surface area contributed by atoms with Gasteiger partial charge in [0.2, 0.25) is 5.91 Å². The van der Waals surface area contributed by atoms with Gasteiger partial charge in [-0.1, -0.05) is 24.3 Å². The first-order chi connectivity index (χ1) is 17.3. The molecule has 5 aromatic rings. The summed E-state index contributed by atoms with van der Waals surface area (Å²) in [6.45, 7) is 1.70. The zero-order valence-corrected chi connectivity index (χ0v) is 19.0. The van der Waals surface area contributed by atoms with Crippen LogP contribution in [0.2, 0.25) is 0 Å². The lowest BCUT2D eigenvalue weighted by atomic mass is 9.78. The van der Waals surface area contributed by atoms with Crippen molar-refractivity contribution < 1.29 is 14.3 Å². The van der Waals surface area contributed by atoms with E-state index in [1.165, 1.54) is 18.5 Å². The van der Waals surface area contributed by atoms with Crippen molar-refractivity contribution in [3.63, 3.8) is 0 Å². The van der Waals surface area contributed by atoms with Crippen molar-refractivity contribution in [2.75, 3.05) is 11.1 Å².